The van der Waals surface area contributed by atoms with E-state index in [2.05, 4.69) is 20.0 Å². The number of nitrogens with zero attached hydrogens (tertiary/aromatic N) is 2. The van der Waals surface area contributed by atoms with Crippen LogP contribution in [0.1, 0.15) is 32.2 Å². The minimum absolute atomic E-state index is 0.0141. The van der Waals surface area contributed by atoms with E-state index >= 15 is 0 Å². The van der Waals surface area contributed by atoms with Crippen molar-refractivity contribution in [1.29, 1.82) is 0 Å². The van der Waals surface area contributed by atoms with E-state index in [4.69, 9.17) is 11.6 Å². The van der Waals surface area contributed by atoms with Gasteiger partial charge in [0.2, 0.25) is 11.6 Å². The molecule has 26 heavy (non-hydrogen) atoms. The lowest BCUT2D eigenvalue weighted by Crippen LogP contribution is -2.38. The zero-order valence-electron chi connectivity index (χ0n) is 14.1. The van der Waals surface area contributed by atoms with Gasteiger partial charge in [0.25, 0.3) is 5.91 Å². The van der Waals surface area contributed by atoms with Crippen molar-refractivity contribution in [3.8, 4) is 11.4 Å². The summed E-state index contributed by atoms with van der Waals surface area (Å²) in [6.45, 7) is 4.85. The highest BCUT2D eigenvalue weighted by Crippen LogP contribution is 2.30. The summed E-state index contributed by atoms with van der Waals surface area (Å²) in [5, 5.41) is 5.90. The highest BCUT2D eigenvalue weighted by molar-refractivity contribution is 6.38. The van der Waals surface area contributed by atoms with E-state index < -0.39 is 29.2 Å². The zero-order valence-corrected chi connectivity index (χ0v) is 14.8. The fourth-order valence-corrected chi connectivity index (χ4v) is 2.13. The number of Topliss-reactive ketones (excluding diaryl/α,β-unsaturated/α-hetero) is 1. The maximum absolute atomic E-state index is 12.5. The zero-order chi connectivity index (χ0) is 19.7. The quantitative estimate of drug-likeness (QED) is 0.807. The number of aromatic nitrogens is 2. The van der Waals surface area contributed by atoms with Gasteiger partial charge in [-0.1, -0.05) is 49.7 Å². The average Bonchev–Trinajstić information content (AvgIpc) is 3.02. The van der Waals surface area contributed by atoms with E-state index in [1.54, 1.807) is 20.8 Å². The lowest BCUT2D eigenvalue weighted by atomic mass is 9.90. The first-order valence-electron chi connectivity index (χ1n) is 7.42. The SMILES string of the molecule is CC(C)(C)C(=O)C(=O)NCc1ccc(-c2noc(C(F)(F)F)n2)cc1Cl. The van der Waals surface area contributed by atoms with E-state index in [-0.39, 0.29) is 23.0 Å². The van der Waals surface area contributed by atoms with Crippen molar-refractivity contribution in [2.24, 2.45) is 5.41 Å². The number of nitrogens with one attached hydrogen (secondary N) is 1. The Hall–Kier alpha value is -2.42. The molecule has 2 aromatic rings. The molecule has 0 atom stereocenters. The molecular weight excluding hydrogens is 375 g/mol. The fraction of sp³-hybridized carbons (Fsp3) is 0.375. The number of carbonyl (C=O) groups excluding carboxylic acids is 2. The van der Waals surface area contributed by atoms with Crippen molar-refractivity contribution < 1.29 is 27.3 Å². The number of ketones is 1. The number of rotatable bonds is 4. The van der Waals surface area contributed by atoms with Gasteiger partial charge in [0.1, 0.15) is 0 Å². The molecule has 1 heterocycles. The Kier molecular flexibility index (Phi) is 5.41. The number of halogens is 4. The second kappa shape index (κ2) is 7.06. The van der Waals surface area contributed by atoms with Gasteiger partial charge in [-0.05, 0) is 11.6 Å². The largest absolute Gasteiger partial charge is 0.471 e. The topological polar surface area (TPSA) is 85.1 Å². The predicted molar refractivity (Wildman–Crippen MR) is 86.1 cm³/mol. The van der Waals surface area contributed by atoms with E-state index in [1.807, 2.05) is 0 Å². The van der Waals surface area contributed by atoms with Crippen molar-refractivity contribution in [2.75, 3.05) is 0 Å². The second-order valence-electron chi connectivity index (χ2n) is 6.49. The summed E-state index contributed by atoms with van der Waals surface area (Å²) >= 11 is 6.08. The van der Waals surface area contributed by atoms with Crippen LogP contribution in [-0.2, 0) is 22.3 Å². The van der Waals surface area contributed by atoms with Crippen LogP contribution in [0.4, 0.5) is 13.2 Å². The molecule has 6 nitrogen and oxygen atoms in total. The van der Waals surface area contributed by atoms with Crippen LogP contribution < -0.4 is 5.32 Å². The Bertz CT molecular complexity index is 841. The van der Waals surface area contributed by atoms with Crippen LogP contribution in [0, 0.1) is 5.41 Å². The Balaban J connectivity index is 2.11. The van der Waals surface area contributed by atoms with Crippen molar-refractivity contribution >= 4 is 23.3 Å². The van der Waals surface area contributed by atoms with Gasteiger partial charge in [-0.25, -0.2) is 0 Å². The molecule has 0 aliphatic heterocycles. The summed E-state index contributed by atoms with van der Waals surface area (Å²) in [4.78, 5) is 26.9. The third kappa shape index (κ3) is 4.60. The molecule has 10 heteroatoms. The van der Waals surface area contributed by atoms with Crippen molar-refractivity contribution in [2.45, 2.75) is 33.5 Å². The Morgan fingerprint density at radius 1 is 1.23 bits per heavy atom. The third-order valence-electron chi connectivity index (χ3n) is 3.31. The first kappa shape index (κ1) is 19.9. The second-order valence-corrected chi connectivity index (χ2v) is 6.90. The molecule has 1 aromatic carbocycles. The molecule has 0 bridgehead atoms. The predicted octanol–water partition coefficient (Wildman–Crippen LogP) is 3.64. The molecule has 0 saturated carbocycles. The molecule has 0 spiro atoms. The first-order chi connectivity index (χ1) is 11.9. The first-order valence-corrected chi connectivity index (χ1v) is 7.79. The van der Waals surface area contributed by atoms with Gasteiger partial charge in [0.05, 0.1) is 0 Å². The van der Waals surface area contributed by atoms with Crippen LogP contribution in [0.5, 0.6) is 0 Å². The van der Waals surface area contributed by atoms with Crippen LogP contribution in [0.2, 0.25) is 5.02 Å². The maximum Gasteiger partial charge on any atom is 0.471 e. The van der Waals surface area contributed by atoms with E-state index in [1.165, 1.54) is 18.2 Å². The molecule has 0 radical (unpaired) electrons. The van der Waals surface area contributed by atoms with Gasteiger partial charge >= 0.3 is 12.1 Å². The number of amides is 1. The van der Waals surface area contributed by atoms with Crippen LogP contribution in [0.25, 0.3) is 11.4 Å². The molecule has 0 aliphatic rings. The number of hydrogen-bond acceptors (Lipinski definition) is 5. The van der Waals surface area contributed by atoms with Crippen molar-refractivity contribution in [3.05, 3.63) is 34.7 Å². The maximum atomic E-state index is 12.5. The summed E-state index contributed by atoms with van der Waals surface area (Å²) in [7, 11) is 0. The number of carbonyl (C=O) groups is 2. The summed E-state index contributed by atoms with van der Waals surface area (Å²) in [6.07, 6.45) is -4.74. The molecule has 1 amide bonds. The molecule has 1 aromatic heterocycles. The minimum atomic E-state index is -4.74. The van der Waals surface area contributed by atoms with E-state index in [0.717, 1.165) is 0 Å². The molecule has 0 aliphatic carbocycles. The summed E-state index contributed by atoms with van der Waals surface area (Å²) in [5.41, 5.74) is -0.118. The number of alkyl halides is 3. The number of hydrogen-bond donors (Lipinski definition) is 1. The van der Waals surface area contributed by atoms with Crippen molar-refractivity contribution in [3.63, 3.8) is 0 Å². The fourth-order valence-electron chi connectivity index (χ4n) is 1.88. The molecule has 0 fully saturated rings. The van der Waals surface area contributed by atoms with Crippen LogP contribution in [0.15, 0.2) is 22.7 Å². The summed E-state index contributed by atoms with van der Waals surface area (Å²) in [5.74, 6) is -3.04. The lowest BCUT2D eigenvalue weighted by molar-refractivity contribution is -0.159. The molecule has 0 unspecified atom stereocenters. The van der Waals surface area contributed by atoms with Crippen LogP contribution in [0.3, 0.4) is 0 Å². The van der Waals surface area contributed by atoms with Gasteiger partial charge in [-0.2, -0.15) is 18.2 Å². The molecule has 1 N–H and O–H groups in total. The van der Waals surface area contributed by atoms with E-state index in [0.29, 0.717) is 5.56 Å². The molecule has 2 rings (SSSR count). The van der Waals surface area contributed by atoms with Gasteiger partial charge in [0.15, 0.2) is 0 Å². The third-order valence-corrected chi connectivity index (χ3v) is 3.66. The molecule has 0 saturated heterocycles. The highest BCUT2D eigenvalue weighted by Gasteiger charge is 2.38. The minimum Gasteiger partial charge on any atom is -0.345 e. The van der Waals surface area contributed by atoms with Crippen molar-refractivity contribution in [1.82, 2.24) is 15.5 Å². The monoisotopic (exact) mass is 389 g/mol. The molecule has 140 valence electrons. The standard InChI is InChI=1S/C16H15ClF3N3O3/c1-15(2,3)11(24)13(25)21-7-9-5-4-8(6-10(9)17)12-22-14(26-23-12)16(18,19)20/h4-6H,7H2,1-3H3,(H,21,25). The lowest BCUT2D eigenvalue weighted by Gasteiger charge is -2.16. The van der Waals surface area contributed by atoms with Crippen LogP contribution >= 0.6 is 11.6 Å². The average molecular weight is 390 g/mol. The Morgan fingerprint density at radius 2 is 1.88 bits per heavy atom. The Morgan fingerprint density at radius 3 is 2.38 bits per heavy atom. The number of benzene rings is 1. The van der Waals surface area contributed by atoms with Crippen LogP contribution in [-0.4, -0.2) is 21.8 Å². The molecular formula is C16H15ClF3N3O3. The van der Waals surface area contributed by atoms with Gasteiger partial charge < -0.3 is 9.84 Å². The highest BCUT2D eigenvalue weighted by atomic mass is 35.5. The van der Waals surface area contributed by atoms with Gasteiger partial charge in [-0.3, -0.25) is 9.59 Å². The smallest absolute Gasteiger partial charge is 0.345 e. The normalized spacial score (nSPS) is 12.1. The van der Waals surface area contributed by atoms with Gasteiger partial charge in [-0.15, -0.1) is 0 Å². The summed E-state index contributed by atoms with van der Waals surface area (Å²) < 4.78 is 41.7. The Labute approximate surface area is 151 Å². The van der Waals surface area contributed by atoms with Gasteiger partial charge in [0, 0.05) is 22.5 Å². The van der Waals surface area contributed by atoms with E-state index in [9.17, 15) is 22.8 Å². The summed E-state index contributed by atoms with van der Waals surface area (Å²) in [6, 6.07) is 4.27.